The number of carbonyl (C=O) groups excluding carboxylic acids is 1. The molecular formula is C13H14N2O. The molecule has 0 aliphatic carbocycles. The molecule has 0 fully saturated rings. The largest absolute Gasteiger partial charge is 0.349 e. The molecule has 0 aliphatic heterocycles. The Balaban J connectivity index is 2.73. The summed E-state index contributed by atoms with van der Waals surface area (Å²) in [6.45, 7) is 5.52. The van der Waals surface area contributed by atoms with Crippen LogP contribution in [-0.2, 0) is 0 Å². The van der Waals surface area contributed by atoms with Crippen LogP contribution in [0, 0.1) is 11.3 Å². The summed E-state index contributed by atoms with van der Waals surface area (Å²) in [6, 6.07) is 8.70. The van der Waals surface area contributed by atoms with Crippen LogP contribution in [-0.4, -0.2) is 11.9 Å². The number of hydrogen-bond donors (Lipinski definition) is 1. The minimum absolute atomic E-state index is 0.0516. The zero-order valence-corrected chi connectivity index (χ0v) is 9.23. The minimum Gasteiger partial charge on any atom is -0.349 e. The van der Waals surface area contributed by atoms with E-state index in [1.165, 1.54) is 0 Å². The van der Waals surface area contributed by atoms with Crippen LogP contribution in [0.25, 0.3) is 0 Å². The van der Waals surface area contributed by atoms with Crippen LogP contribution in [0.2, 0.25) is 0 Å². The molecule has 1 N–H and O–H groups in total. The summed E-state index contributed by atoms with van der Waals surface area (Å²) in [6.07, 6.45) is 2.49. The van der Waals surface area contributed by atoms with E-state index in [4.69, 9.17) is 5.26 Å². The van der Waals surface area contributed by atoms with Crippen molar-refractivity contribution >= 4 is 5.91 Å². The molecule has 3 heteroatoms. The summed E-state index contributed by atoms with van der Waals surface area (Å²) in [7, 11) is 0. The van der Waals surface area contributed by atoms with Crippen molar-refractivity contribution < 1.29 is 4.79 Å². The second-order valence-corrected chi connectivity index (χ2v) is 3.59. The lowest BCUT2D eigenvalue weighted by Gasteiger charge is -2.11. The first-order valence-electron chi connectivity index (χ1n) is 5.09. The first-order chi connectivity index (χ1) is 7.67. The predicted octanol–water partition coefficient (Wildman–Crippen LogP) is 2.25. The lowest BCUT2D eigenvalue weighted by atomic mass is 10.1. The first kappa shape index (κ1) is 12.0. The van der Waals surface area contributed by atoms with Gasteiger partial charge in [-0.2, -0.15) is 5.26 Å². The van der Waals surface area contributed by atoms with E-state index in [9.17, 15) is 4.79 Å². The standard InChI is InChI=1S/C13H14N2O/c1-3-5-10(2)15-13(16)12-7-4-6-11(8-12)9-14/h3-4,6-8,10H,1,5H2,2H3,(H,15,16). The lowest BCUT2D eigenvalue weighted by molar-refractivity contribution is 0.0940. The van der Waals surface area contributed by atoms with Crippen LogP contribution in [0.15, 0.2) is 36.9 Å². The molecule has 0 saturated carbocycles. The normalized spacial score (nSPS) is 11.2. The highest BCUT2D eigenvalue weighted by molar-refractivity contribution is 5.94. The topological polar surface area (TPSA) is 52.9 Å². The van der Waals surface area contributed by atoms with Crippen LogP contribution >= 0.6 is 0 Å². The number of amides is 1. The summed E-state index contributed by atoms with van der Waals surface area (Å²) in [5, 5.41) is 11.5. The molecule has 1 aromatic rings. The van der Waals surface area contributed by atoms with Crippen molar-refractivity contribution in [1.82, 2.24) is 5.32 Å². The van der Waals surface area contributed by atoms with Gasteiger partial charge in [0.05, 0.1) is 11.6 Å². The summed E-state index contributed by atoms with van der Waals surface area (Å²) in [5.74, 6) is -0.161. The van der Waals surface area contributed by atoms with Gasteiger partial charge in [-0.05, 0) is 31.5 Å². The molecule has 0 heterocycles. The highest BCUT2D eigenvalue weighted by Crippen LogP contribution is 2.04. The fraction of sp³-hybridized carbons (Fsp3) is 0.231. The third-order valence-electron chi connectivity index (χ3n) is 2.15. The zero-order valence-electron chi connectivity index (χ0n) is 9.23. The Hall–Kier alpha value is -2.08. The summed E-state index contributed by atoms with van der Waals surface area (Å²) in [4.78, 5) is 11.7. The lowest BCUT2D eigenvalue weighted by Crippen LogP contribution is -2.32. The maximum atomic E-state index is 11.7. The second-order valence-electron chi connectivity index (χ2n) is 3.59. The minimum atomic E-state index is -0.161. The Morgan fingerprint density at radius 2 is 2.44 bits per heavy atom. The van der Waals surface area contributed by atoms with Gasteiger partial charge in [-0.3, -0.25) is 4.79 Å². The number of carbonyl (C=O) groups is 1. The van der Waals surface area contributed by atoms with Gasteiger partial charge in [0.25, 0.3) is 5.91 Å². The molecule has 3 nitrogen and oxygen atoms in total. The molecule has 1 unspecified atom stereocenters. The van der Waals surface area contributed by atoms with E-state index in [-0.39, 0.29) is 11.9 Å². The smallest absolute Gasteiger partial charge is 0.251 e. The molecule has 0 saturated heterocycles. The Bertz CT molecular complexity index is 432. The van der Waals surface area contributed by atoms with Crippen LogP contribution in [0.5, 0.6) is 0 Å². The molecule has 82 valence electrons. The molecular weight excluding hydrogens is 200 g/mol. The average Bonchev–Trinajstić information content (AvgIpc) is 2.29. The van der Waals surface area contributed by atoms with Crippen molar-refractivity contribution in [2.45, 2.75) is 19.4 Å². The maximum Gasteiger partial charge on any atom is 0.251 e. The number of benzene rings is 1. The number of rotatable bonds is 4. The molecule has 0 spiro atoms. The average molecular weight is 214 g/mol. The summed E-state index contributed by atoms with van der Waals surface area (Å²) in [5.41, 5.74) is 0.999. The number of hydrogen-bond acceptors (Lipinski definition) is 2. The van der Waals surface area contributed by atoms with E-state index < -0.39 is 0 Å². The Kier molecular flexibility index (Phi) is 4.28. The second kappa shape index (κ2) is 5.72. The predicted molar refractivity (Wildman–Crippen MR) is 62.9 cm³/mol. The third kappa shape index (κ3) is 3.25. The highest BCUT2D eigenvalue weighted by atomic mass is 16.1. The van der Waals surface area contributed by atoms with Crippen molar-refractivity contribution in [3.8, 4) is 6.07 Å². The van der Waals surface area contributed by atoms with Crippen LogP contribution in [0.1, 0.15) is 29.3 Å². The van der Waals surface area contributed by atoms with E-state index in [1.54, 1.807) is 30.3 Å². The maximum absolute atomic E-state index is 11.7. The van der Waals surface area contributed by atoms with Gasteiger partial charge in [0.1, 0.15) is 0 Å². The van der Waals surface area contributed by atoms with Crippen molar-refractivity contribution in [1.29, 1.82) is 5.26 Å². The zero-order chi connectivity index (χ0) is 12.0. The summed E-state index contributed by atoms with van der Waals surface area (Å²) >= 11 is 0. The monoisotopic (exact) mass is 214 g/mol. The van der Waals surface area contributed by atoms with Gasteiger partial charge in [0.15, 0.2) is 0 Å². The van der Waals surface area contributed by atoms with E-state index in [0.29, 0.717) is 11.1 Å². The van der Waals surface area contributed by atoms with Gasteiger partial charge in [-0.1, -0.05) is 12.1 Å². The van der Waals surface area contributed by atoms with Crippen LogP contribution in [0.4, 0.5) is 0 Å². The van der Waals surface area contributed by atoms with Gasteiger partial charge in [-0.15, -0.1) is 6.58 Å². The van der Waals surface area contributed by atoms with Crippen LogP contribution < -0.4 is 5.32 Å². The number of nitrogens with one attached hydrogen (secondary N) is 1. The SMILES string of the molecule is C=CCC(C)NC(=O)c1cccc(C#N)c1. The van der Waals surface area contributed by atoms with Crippen molar-refractivity contribution in [2.75, 3.05) is 0 Å². The van der Waals surface area contributed by atoms with E-state index in [1.807, 2.05) is 13.0 Å². The van der Waals surface area contributed by atoms with Gasteiger partial charge in [0, 0.05) is 11.6 Å². The summed E-state index contributed by atoms with van der Waals surface area (Å²) < 4.78 is 0. The van der Waals surface area contributed by atoms with Gasteiger partial charge >= 0.3 is 0 Å². The van der Waals surface area contributed by atoms with Gasteiger partial charge < -0.3 is 5.32 Å². The van der Waals surface area contributed by atoms with Crippen LogP contribution in [0.3, 0.4) is 0 Å². The Labute approximate surface area is 95.4 Å². The highest BCUT2D eigenvalue weighted by Gasteiger charge is 2.08. The Morgan fingerprint density at radius 1 is 1.69 bits per heavy atom. The van der Waals surface area contributed by atoms with E-state index in [0.717, 1.165) is 6.42 Å². The fourth-order valence-corrected chi connectivity index (χ4v) is 1.35. The van der Waals surface area contributed by atoms with Crippen molar-refractivity contribution in [2.24, 2.45) is 0 Å². The van der Waals surface area contributed by atoms with Gasteiger partial charge in [0.2, 0.25) is 0 Å². The molecule has 16 heavy (non-hydrogen) atoms. The first-order valence-corrected chi connectivity index (χ1v) is 5.09. The van der Waals surface area contributed by atoms with E-state index in [2.05, 4.69) is 11.9 Å². The van der Waals surface area contributed by atoms with Gasteiger partial charge in [-0.25, -0.2) is 0 Å². The molecule has 0 bridgehead atoms. The van der Waals surface area contributed by atoms with Crippen molar-refractivity contribution in [3.05, 3.63) is 48.0 Å². The number of nitriles is 1. The quantitative estimate of drug-likeness (QED) is 0.781. The van der Waals surface area contributed by atoms with Crippen molar-refractivity contribution in [3.63, 3.8) is 0 Å². The molecule has 0 radical (unpaired) electrons. The fourth-order valence-electron chi connectivity index (χ4n) is 1.35. The molecule has 0 aromatic heterocycles. The molecule has 1 aromatic carbocycles. The molecule has 0 aliphatic rings. The molecule has 1 atom stereocenters. The number of nitrogens with zero attached hydrogens (tertiary/aromatic N) is 1. The molecule has 1 amide bonds. The molecule has 1 rings (SSSR count). The Morgan fingerprint density at radius 3 is 3.06 bits per heavy atom. The van der Waals surface area contributed by atoms with E-state index >= 15 is 0 Å². The third-order valence-corrected chi connectivity index (χ3v) is 2.15.